The molecule has 0 radical (unpaired) electrons. The molecular weight excluding hydrogens is 364 g/mol. The van der Waals surface area contributed by atoms with Gasteiger partial charge in [0.1, 0.15) is 5.57 Å². The van der Waals surface area contributed by atoms with E-state index in [2.05, 4.69) is 5.32 Å². The zero-order chi connectivity index (χ0) is 19.6. The Labute approximate surface area is 162 Å². The first kappa shape index (κ1) is 18.6. The van der Waals surface area contributed by atoms with Crippen LogP contribution in [0.25, 0.3) is 6.08 Å². The molecule has 1 N–H and O–H groups in total. The van der Waals surface area contributed by atoms with Gasteiger partial charge in [-0.25, -0.2) is 0 Å². The molecule has 2 amide bonds. The Bertz CT molecular complexity index is 951. The van der Waals surface area contributed by atoms with Crippen molar-refractivity contribution in [1.29, 1.82) is 0 Å². The minimum Gasteiger partial charge on any atom is -0.493 e. The molecule has 0 spiro atoms. The lowest BCUT2D eigenvalue weighted by Gasteiger charge is -2.29. The van der Waals surface area contributed by atoms with E-state index in [1.54, 1.807) is 30.3 Å². The molecule has 2 aromatic rings. The van der Waals surface area contributed by atoms with Crippen LogP contribution in [0.4, 0.5) is 5.69 Å². The van der Waals surface area contributed by atoms with Crippen LogP contribution in [-0.2, 0) is 9.59 Å². The highest BCUT2D eigenvalue weighted by Crippen LogP contribution is 2.29. The van der Waals surface area contributed by atoms with Gasteiger partial charge in [-0.1, -0.05) is 23.8 Å². The Hall–Kier alpha value is -3.19. The van der Waals surface area contributed by atoms with Gasteiger partial charge in [0.25, 0.3) is 11.8 Å². The Kier molecular flexibility index (Phi) is 5.23. The first-order valence-corrected chi connectivity index (χ1v) is 8.55. The van der Waals surface area contributed by atoms with E-state index in [-0.39, 0.29) is 10.7 Å². The number of hydrogen-bond donors (Lipinski definition) is 1. The van der Waals surface area contributed by atoms with Crippen LogP contribution in [0.3, 0.4) is 0 Å². The van der Waals surface area contributed by atoms with Crippen molar-refractivity contribution < 1.29 is 19.1 Å². The first-order chi connectivity index (χ1) is 12.9. The highest BCUT2D eigenvalue weighted by atomic mass is 32.1. The molecule has 1 fully saturated rings. The zero-order valence-corrected chi connectivity index (χ0v) is 15.9. The number of rotatable bonds is 4. The second-order valence-corrected chi connectivity index (χ2v) is 6.29. The van der Waals surface area contributed by atoms with Gasteiger partial charge in [-0.2, -0.15) is 0 Å². The standard InChI is InChI=1S/C20H18N2O4S/c1-12-4-7-14(8-5-12)22-19(24)15(18(23)21-20(22)27)10-13-6-9-16(25-2)17(11-13)26-3/h4-11H,1-3H3,(H,21,23,27)/b15-10-. The number of amides is 2. The van der Waals surface area contributed by atoms with Gasteiger partial charge in [-0.15, -0.1) is 0 Å². The van der Waals surface area contributed by atoms with Gasteiger partial charge in [-0.05, 0) is 55.0 Å². The summed E-state index contributed by atoms with van der Waals surface area (Å²) in [7, 11) is 3.05. The van der Waals surface area contributed by atoms with E-state index in [9.17, 15) is 9.59 Å². The number of carbonyl (C=O) groups is 2. The molecule has 3 rings (SSSR count). The molecule has 6 nitrogen and oxygen atoms in total. The number of aryl methyl sites for hydroxylation is 1. The Morgan fingerprint density at radius 2 is 1.67 bits per heavy atom. The summed E-state index contributed by atoms with van der Waals surface area (Å²) in [4.78, 5) is 26.6. The topological polar surface area (TPSA) is 67.9 Å². The van der Waals surface area contributed by atoms with Crippen LogP contribution >= 0.6 is 12.2 Å². The average molecular weight is 382 g/mol. The van der Waals surface area contributed by atoms with Gasteiger partial charge in [0.05, 0.1) is 19.9 Å². The molecule has 27 heavy (non-hydrogen) atoms. The summed E-state index contributed by atoms with van der Waals surface area (Å²) in [6.07, 6.45) is 1.50. The van der Waals surface area contributed by atoms with Gasteiger partial charge in [0.15, 0.2) is 16.6 Å². The van der Waals surface area contributed by atoms with Crippen LogP contribution in [0.2, 0.25) is 0 Å². The molecule has 7 heteroatoms. The lowest BCUT2D eigenvalue weighted by molar-refractivity contribution is -0.122. The summed E-state index contributed by atoms with van der Waals surface area (Å²) in [5.41, 5.74) is 2.26. The SMILES string of the molecule is COc1ccc(/C=C2/C(=O)NC(=S)N(c3ccc(C)cc3)C2=O)cc1OC. The number of hydrogen-bond acceptors (Lipinski definition) is 5. The van der Waals surface area contributed by atoms with Crippen LogP contribution in [0.1, 0.15) is 11.1 Å². The smallest absolute Gasteiger partial charge is 0.270 e. The number of methoxy groups -OCH3 is 2. The molecule has 1 heterocycles. The Balaban J connectivity index is 2.00. The molecule has 1 aliphatic rings. The third-order valence-electron chi connectivity index (χ3n) is 4.11. The monoisotopic (exact) mass is 382 g/mol. The van der Waals surface area contributed by atoms with Crippen molar-refractivity contribution in [3.63, 3.8) is 0 Å². The average Bonchev–Trinajstić information content (AvgIpc) is 2.66. The van der Waals surface area contributed by atoms with Gasteiger partial charge >= 0.3 is 0 Å². The minimum absolute atomic E-state index is 0.0172. The van der Waals surface area contributed by atoms with Gasteiger partial charge < -0.3 is 9.47 Å². The predicted octanol–water partition coefficient (Wildman–Crippen LogP) is 2.84. The second kappa shape index (κ2) is 7.59. The van der Waals surface area contributed by atoms with Crippen molar-refractivity contribution in [2.45, 2.75) is 6.92 Å². The van der Waals surface area contributed by atoms with Crippen molar-refractivity contribution in [3.05, 3.63) is 59.2 Å². The molecule has 0 atom stereocenters. The highest BCUT2D eigenvalue weighted by Gasteiger charge is 2.34. The Morgan fingerprint density at radius 3 is 2.30 bits per heavy atom. The molecule has 1 aliphatic heterocycles. The number of benzene rings is 2. The molecule has 2 aromatic carbocycles. The second-order valence-electron chi connectivity index (χ2n) is 5.91. The van der Waals surface area contributed by atoms with Crippen molar-refractivity contribution in [3.8, 4) is 11.5 Å². The molecule has 138 valence electrons. The van der Waals surface area contributed by atoms with Gasteiger partial charge in [0.2, 0.25) is 0 Å². The van der Waals surface area contributed by atoms with E-state index in [1.165, 1.54) is 25.2 Å². The summed E-state index contributed by atoms with van der Waals surface area (Å²) in [6, 6.07) is 12.4. The normalized spacial score (nSPS) is 15.7. The van der Waals surface area contributed by atoms with Crippen molar-refractivity contribution in [2.24, 2.45) is 0 Å². The number of carbonyl (C=O) groups excluding carboxylic acids is 2. The van der Waals surface area contributed by atoms with Gasteiger partial charge in [0, 0.05) is 0 Å². The lowest BCUT2D eigenvalue weighted by atomic mass is 10.1. The van der Waals surface area contributed by atoms with Crippen LogP contribution in [0, 0.1) is 6.92 Å². The molecule has 0 bridgehead atoms. The molecular formula is C20H18N2O4S. The van der Waals surface area contributed by atoms with Crippen LogP contribution in [0.15, 0.2) is 48.0 Å². The van der Waals surface area contributed by atoms with Crippen molar-refractivity contribution in [2.75, 3.05) is 19.1 Å². The number of anilines is 1. The van der Waals surface area contributed by atoms with E-state index < -0.39 is 11.8 Å². The maximum absolute atomic E-state index is 13.0. The quantitative estimate of drug-likeness (QED) is 0.500. The largest absolute Gasteiger partial charge is 0.493 e. The van der Waals surface area contributed by atoms with E-state index in [1.807, 2.05) is 19.1 Å². The number of nitrogens with one attached hydrogen (secondary N) is 1. The Morgan fingerprint density at radius 1 is 1.00 bits per heavy atom. The number of nitrogens with zero attached hydrogens (tertiary/aromatic N) is 1. The minimum atomic E-state index is -0.539. The summed E-state index contributed by atoms with van der Waals surface area (Å²) in [5, 5.41) is 2.62. The maximum atomic E-state index is 13.0. The van der Waals surface area contributed by atoms with Gasteiger partial charge in [-0.3, -0.25) is 19.8 Å². The zero-order valence-electron chi connectivity index (χ0n) is 15.1. The molecule has 0 aromatic heterocycles. The maximum Gasteiger partial charge on any atom is 0.270 e. The highest BCUT2D eigenvalue weighted by molar-refractivity contribution is 7.80. The summed E-state index contributed by atoms with van der Waals surface area (Å²) >= 11 is 5.20. The fraction of sp³-hybridized carbons (Fsp3) is 0.150. The van der Waals surface area contributed by atoms with E-state index in [4.69, 9.17) is 21.7 Å². The molecule has 1 saturated heterocycles. The molecule has 0 unspecified atom stereocenters. The number of thiocarbonyl (C=S) groups is 1. The molecule has 0 aliphatic carbocycles. The summed E-state index contributed by atoms with van der Waals surface area (Å²) < 4.78 is 10.5. The summed E-state index contributed by atoms with van der Waals surface area (Å²) in [6.45, 7) is 1.95. The summed E-state index contributed by atoms with van der Waals surface area (Å²) in [5.74, 6) is 0.0356. The lowest BCUT2D eigenvalue weighted by Crippen LogP contribution is -2.54. The van der Waals surface area contributed by atoms with E-state index >= 15 is 0 Å². The third-order valence-corrected chi connectivity index (χ3v) is 4.40. The van der Waals surface area contributed by atoms with Crippen molar-refractivity contribution >= 4 is 40.9 Å². The third kappa shape index (κ3) is 3.68. The fourth-order valence-corrected chi connectivity index (χ4v) is 2.98. The fourth-order valence-electron chi connectivity index (χ4n) is 2.70. The molecule has 0 saturated carbocycles. The van der Waals surface area contributed by atoms with E-state index in [0.717, 1.165) is 5.56 Å². The van der Waals surface area contributed by atoms with Crippen molar-refractivity contribution in [1.82, 2.24) is 5.32 Å². The predicted molar refractivity (Wildman–Crippen MR) is 107 cm³/mol. The first-order valence-electron chi connectivity index (χ1n) is 8.14. The van der Waals surface area contributed by atoms with E-state index in [0.29, 0.717) is 22.7 Å². The number of ether oxygens (including phenoxy) is 2. The van der Waals surface area contributed by atoms with Crippen LogP contribution in [0.5, 0.6) is 11.5 Å². The van der Waals surface area contributed by atoms with Crippen LogP contribution < -0.4 is 19.7 Å². The van der Waals surface area contributed by atoms with Crippen LogP contribution in [-0.4, -0.2) is 31.1 Å².